The quantitative estimate of drug-likeness (QED) is 0.573. The van der Waals surface area contributed by atoms with Crippen molar-refractivity contribution in [2.45, 2.75) is 52.2 Å². The zero-order chi connectivity index (χ0) is 23.9. The van der Waals surface area contributed by atoms with Gasteiger partial charge in [-0.15, -0.1) is 0 Å². The molecule has 0 spiro atoms. The Morgan fingerprint density at radius 2 is 1.76 bits per heavy atom. The molecule has 0 amide bonds. The normalized spacial score (nSPS) is 20.5. The number of likely N-dealkylation sites (N-methyl/N-ethyl adjacent to an activating group) is 1. The van der Waals surface area contributed by atoms with Crippen LogP contribution in [0, 0.1) is 12.7 Å². The summed E-state index contributed by atoms with van der Waals surface area (Å²) in [6.45, 7) is 9.56. The number of pyridine rings is 1. The second kappa shape index (κ2) is 9.13. The lowest BCUT2D eigenvalue weighted by Crippen LogP contribution is -2.55. The topological polar surface area (TPSA) is 57.2 Å². The predicted octanol–water partition coefficient (Wildman–Crippen LogP) is 5.11. The highest BCUT2D eigenvalue weighted by molar-refractivity contribution is 5.90. The van der Waals surface area contributed by atoms with E-state index in [0.717, 1.165) is 30.4 Å². The van der Waals surface area contributed by atoms with Gasteiger partial charge in [-0.3, -0.25) is 4.90 Å². The first-order chi connectivity index (χ1) is 15.7. The number of piperazine rings is 1. The third-order valence-corrected chi connectivity index (χ3v) is 6.48. The van der Waals surface area contributed by atoms with Gasteiger partial charge in [-0.05, 0) is 40.8 Å². The zero-order valence-corrected chi connectivity index (χ0v) is 19.5. The third kappa shape index (κ3) is 4.59. The van der Waals surface area contributed by atoms with Crippen LogP contribution in [0.15, 0.2) is 30.5 Å². The van der Waals surface area contributed by atoms with Crippen molar-refractivity contribution in [2.75, 3.05) is 30.4 Å². The number of fused-ring (bicyclic) bond motifs is 1. The van der Waals surface area contributed by atoms with Crippen molar-refractivity contribution in [1.29, 1.82) is 0 Å². The summed E-state index contributed by atoms with van der Waals surface area (Å²) < 4.78 is 41.0. The van der Waals surface area contributed by atoms with E-state index in [9.17, 15) is 13.2 Å². The summed E-state index contributed by atoms with van der Waals surface area (Å²) in [5.41, 5.74) is 0.223. The highest BCUT2D eigenvalue weighted by Gasteiger charge is 2.28. The molecule has 1 aliphatic heterocycles. The number of hydrogen-bond acceptors (Lipinski definition) is 6. The predicted molar refractivity (Wildman–Crippen MR) is 124 cm³/mol. The van der Waals surface area contributed by atoms with E-state index >= 15 is 0 Å². The third-order valence-electron chi connectivity index (χ3n) is 6.48. The van der Waals surface area contributed by atoms with Gasteiger partial charge in [0.25, 0.3) is 6.43 Å². The van der Waals surface area contributed by atoms with Gasteiger partial charge < -0.3 is 10.2 Å². The van der Waals surface area contributed by atoms with Gasteiger partial charge in [-0.1, -0.05) is 18.2 Å². The average Bonchev–Trinajstić information content (AvgIpc) is 2.76. The lowest BCUT2D eigenvalue weighted by Gasteiger charge is -2.43. The number of halogens is 3. The number of benzene rings is 1. The fourth-order valence-corrected chi connectivity index (χ4v) is 4.37. The SMILES string of the molecule is Cc1nc(N[C@H](C)c2cccc(C(F)F)c2F)c2cc(N3C[C@@H](C)N(C)[C@H](C)C3)ncc2n1. The summed E-state index contributed by atoms with van der Waals surface area (Å²) in [5.74, 6) is 0.981. The Morgan fingerprint density at radius 3 is 2.42 bits per heavy atom. The highest BCUT2D eigenvalue weighted by Crippen LogP contribution is 2.31. The van der Waals surface area contributed by atoms with Crippen LogP contribution in [0.1, 0.15) is 50.2 Å². The van der Waals surface area contributed by atoms with Crippen molar-refractivity contribution in [2.24, 2.45) is 0 Å². The van der Waals surface area contributed by atoms with E-state index < -0.39 is 23.8 Å². The van der Waals surface area contributed by atoms with Gasteiger partial charge in [0, 0.05) is 36.1 Å². The summed E-state index contributed by atoms with van der Waals surface area (Å²) in [6.07, 6.45) is -1.15. The number of rotatable bonds is 5. The van der Waals surface area contributed by atoms with Crippen molar-refractivity contribution >= 4 is 22.5 Å². The van der Waals surface area contributed by atoms with Crippen LogP contribution in [0.5, 0.6) is 0 Å². The summed E-state index contributed by atoms with van der Waals surface area (Å²) >= 11 is 0. The molecule has 1 N–H and O–H groups in total. The molecule has 33 heavy (non-hydrogen) atoms. The fourth-order valence-electron chi connectivity index (χ4n) is 4.37. The summed E-state index contributed by atoms with van der Waals surface area (Å²) in [5, 5.41) is 3.97. The molecule has 0 bridgehead atoms. The number of nitrogens with one attached hydrogen (secondary N) is 1. The van der Waals surface area contributed by atoms with Crippen molar-refractivity contribution in [3.8, 4) is 0 Å². The van der Waals surface area contributed by atoms with Crippen LogP contribution in [-0.2, 0) is 0 Å². The van der Waals surface area contributed by atoms with Gasteiger partial charge in [0.2, 0.25) is 0 Å². The van der Waals surface area contributed by atoms with Gasteiger partial charge in [0.1, 0.15) is 23.3 Å². The Balaban J connectivity index is 1.69. The van der Waals surface area contributed by atoms with E-state index in [4.69, 9.17) is 0 Å². The highest BCUT2D eigenvalue weighted by atomic mass is 19.3. The molecule has 4 rings (SSSR count). The smallest absolute Gasteiger partial charge is 0.266 e. The van der Waals surface area contributed by atoms with E-state index in [2.05, 4.69) is 51.0 Å². The van der Waals surface area contributed by atoms with Gasteiger partial charge >= 0.3 is 0 Å². The summed E-state index contributed by atoms with van der Waals surface area (Å²) in [4.78, 5) is 18.2. The fraction of sp³-hybridized carbons (Fsp3) is 0.458. The first kappa shape index (κ1) is 23.2. The molecule has 1 fully saturated rings. The average molecular weight is 459 g/mol. The van der Waals surface area contributed by atoms with E-state index in [-0.39, 0.29) is 5.56 Å². The maximum atomic E-state index is 14.7. The molecular formula is C24H29F3N6. The summed E-state index contributed by atoms with van der Waals surface area (Å²) in [7, 11) is 2.13. The van der Waals surface area contributed by atoms with Crippen LogP contribution in [0.3, 0.4) is 0 Å². The van der Waals surface area contributed by atoms with E-state index in [1.807, 2.05) is 6.07 Å². The van der Waals surface area contributed by atoms with Crippen molar-refractivity contribution in [1.82, 2.24) is 19.9 Å². The Labute approximate surface area is 191 Å². The number of aryl methyl sites for hydroxylation is 1. The van der Waals surface area contributed by atoms with Gasteiger partial charge in [-0.2, -0.15) is 0 Å². The molecule has 2 aromatic heterocycles. The van der Waals surface area contributed by atoms with E-state index in [0.29, 0.717) is 29.2 Å². The van der Waals surface area contributed by atoms with Gasteiger partial charge in [0.15, 0.2) is 0 Å². The standard InChI is InChI=1S/C24H29F3N6/c1-13-11-33(12-14(2)32(13)5)21-9-19-20(10-28-21)30-16(4)31-24(19)29-15(3)17-7-6-8-18(22(17)25)23(26)27/h6-10,13-15,23H,11-12H2,1-5H3,(H,29,30,31)/t13-,14-,15-/m1/s1. The van der Waals surface area contributed by atoms with Crippen LogP contribution in [-0.4, -0.2) is 52.1 Å². The minimum atomic E-state index is -2.87. The van der Waals surface area contributed by atoms with E-state index in [1.54, 1.807) is 20.0 Å². The van der Waals surface area contributed by atoms with Crippen LogP contribution in [0.4, 0.5) is 24.8 Å². The number of nitrogens with zero attached hydrogens (tertiary/aromatic N) is 5. The minimum Gasteiger partial charge on any atom is -0.363 e. The molecule has 3 atom stereocenters. The Morgan fingerprint density at radius 1 is 1.09 bits per heavy atom. The maximum Gasteiger partial charge on any atom is 0.266 e. The monoisotopic (exact) mass is 458 g/mol. The second-order valence-electron chi connectivity index (χ2n) is 8.86. The Kier molecular flexibility index (Phi) is 6.43. The molecule has 1 saturated heterocycles. The molecule has 176 valence electrons. The number of anilines is 2. The molecule has 1 aromatic carbocycles. The first-order valence-electron chi connectivity index (χ1n) is 11.1. The molecule has 6 nitrogen and oxygen atoms in total. The minimum absolute atomic E-state index is 0.160. The molecule has 9 heteroatoms. The van der Waals surface area contributed by atoms with Crippen molar-refractivity contribution in [3.05, 3.63) is 53.2 Å². The van der Waals surface area contributed by atoms with Gasteiger partial charge in [-0.25, -0.2) is 28.1 Å². The van der Waals surface area contributed by atoms with Crippen LogP contribution < -0.4 is 10.2 Å². The van der Waals surface area contributed by atoms with E-state index in [1.165, 1.54) is 12.1 Å². The summed E-state index contributed by atoms with van der Waals surface area (Å²) in [6, 6.07) is 6.18. The first-order valence-corrected chi connectivity index (χ1v) is 11.1. The van der Waals surface area contributed by atoms with Crippen molar-refractivity contribution < 1.29 is 13.2 Å². The molecular weight excluding hydrogens is 429 g/mol. The van der Waals surface area contributed by atoms with Crippen LogP contribution in [0.25, 0.3) is 10.9 Å². The molecule has 1 aliphatic rings. The Bertz CT molecular complexity index is 1140. The largest absolute Gasteiger partial charge is 0.363 e. The molecule has 3 heterocycles. The lowest BCUT2D eigenvalue weighted by atomic mass is 10.0. The van der Waals surface area contributed by atoms with Crippen LogP contribution >= 0.6 is 0 Å². The molecule has 0 radical (unpaired) electrons. The van der Waals surface area contributed by atoms with Crippen molar-refractivity contribution in [3.63, 3.8) is 0 Å². The molecule has 3 aromatic rings. The zero-order valence-electron chi connectivity index (χ0n) is 19.5. The second-order valence-corrected chi connectivity index (χ2v) is 8.86. The Hall–Kier alpha value is -2.94. The van der Waals surface area contributed by atoms with Crippen LogP contribution in [0.2, 0.25) is 0 Å². The maximum absolute atomic E-state index is 14.7. The number of hydrogen-bond donors (Lipinski definition) is 1. The lowest BCUT2D eigenvalue weighted by molar-refractivity contribution is 0.146. The molecule has 0 aliphatic carbocycles. The molecule has 0 saturated carbocycles. The number of aromatic nitrogens is 3. The number of alkyl halides is 2. The molecule has 0 unspecified atom stereocenters. The van der Waals surface area contributed by atoms with Gasteiger partial charge in [0.05, 0.1) is 23.3 Å².